The first-order chi connectivity index (χ1) is 10.2. The summed E-state index contributed by atoms with van der Waals surface area (Å²) in [7, 11) is 0. The summed E-state index contributed by atoms with van der Waals surface area (Å²) in [5.41, 5.74) is 2.33. The molecule has 3 rings (SSSR count). The molecule has 1 fully saturated rings. The van der Waals surface area contributed by atoms with Crippen LogP contribution in [0, 0.1) is 0 Å². The zero-order valence-corrected chi connectivity index (χ0v) is 13.3. The number of aromatic hydroxyl groups is 1. The Balaban J connectivity index is 1.83. The van der Waals surface area contributed by atoms with Crippen molar-refractivity contribution in [3.63, 3.8) is 0 Å². The number of benzene rings is 1. The molecule has 1 aliphatic heterocycles. The van der Waals surface area contributed by atoms with E-state index in [9.17, 15) is 5.11 Å². The molecule has 21 heavy (non-hydrogen) atoms. The van der Waals surface area contributed by atoms with Gasteiger partial charge in [-0.2, -0.15) is 0 Å². The maximum Gasteiger partial charge on any atom is 0.115 e. The maximum atomic E-state index is 9.69. The van der Waals surface area contributed by atoms with E-state index in [0.29, 0.717) is 11.8 Å². The summed E-state index contributed by atoms with van der Waals surface area (Å²) in [5, 5.41) is 13.1. The lowest BCUT2D eigenvalue weighted by Gasteiger charge is -2.36. The van der Waals surface area contributed by atoms with Crippen molar-refractivity contribution < 1.29 is 5.11 Å². The van der Waals surface area contributed by atoms with Gasteiger partial charge in [-0.3, -0.25) is 9.88 Å². The Hall–Kier alpha value is -1.43. The van der Waals surface area contributed by atoms with E-state index in [-0.39, 0.29) is 0 Å². The van der Waals surface area contributed by atoms with Gasteiger partial charge in [0.25, 0.3) is 0 Å². The van der Waals surface area contributed by atoms with Gasteiger partial charge in [-0.25, -0.2) is 0 Å². The van der Waals surface area contributed by atoms with E-state index in [1.807, 2.05) is 24.4 Å². The number of nitrogens with zero attached hydrogens (tertiary/aromatic N) is 2. The average Bonchev–Trinajstić information content (AvgIpc) is 2.52. The summed E-state index contributed by atoms with van der Waals surface area (Å²) < 4.78 is 1.03. The third-order valence-electron chi connectivity index (χ3n) is 3.83. The molecule has 1 aliphatic rings. The molecule has 1 unspecified atom stereocenters. The molecular formula is C16H18BrN3O. The van der Waals surface area contributed by atoms with Gasteiger partial charge in [-0.1, -0.05) is 22.0 Å². The normalized spacial score (nSPS) is 19.6. The van der Waals surface area contributed by atoms with Crippen molar-refractivity contribution in [3.8, 4) is 5.75 Å². The minimum absolute atomic E-state index is 0.307. The highest BCUT2D eigenvalue weighted by atomic mass is 79.9. The highest BCUT2D eigenvalue weighted by molar-refractivity contribution is 9.10. The molecule has 1 aromatic heterocycles. The predicted octanol–water partition coefficient (Wildman–Crippen LogP) is 2.70. The molecule has 1 aromatic carbocycles. The molecule has 0 radical (unpaired) electrons. The Bertz CT molecular complexity index is 606. The third-order valence-corrected chi connectivity index (χ3v) is 4.60. The van der Waals surface area contributed by atoms with Crippen LogP contribution in [0.3, 0.4) is 0 Å². The molecule has 110 valence electrons. The molecule has 2 heterocycles. The van der Waals surface area contributed by atoms with Crippen molar-refractivity contribution >= 4 is 15.9 Å². The summed E-state index contributed by atoms with van der Waals surface area (Å²) in [6.45, 7) is 3.67. The smallest absolute Gasteiger partial charge is 0.115 e. The van der Waals surface area contributed by atoms with Gasteiger partial charge < -0.3 is 10.4 Å². The van der Waals surface area contributed by atoms with E-state index < -0.39 is 0 Å². The standard InChI is InChI=1S/C16H18BrN3O/c17-15-4-3-14(21)8-13(15)11-20-7-6-19-10-16(20)12-2-1-5-18-9-12/h1-5,8-9,16,19,21H,6-7,10-11H2. The van der Waals surface area contributed by atoms with Crippen molar-refractivity contribution in [2.75, 3.05) is 19.6 Å². The number of phenolic OH excluding ortho intramolecular Hbond substituents is 1. The second kappa shape index (κ2) is 6.56. The number of pyridine rings is 1. The molecule has 2 aromatic rings. The minimum Gasteiger partial charge on any atom is -0.508 e. The van der Waals surface area contributed by atoms with Gasteiger partial charge in [0.1, 0.15) is 5.75 Å². The van der Waals surface area contributed by atoms with Gasteiger partial charge in [0.05, 0.1) is 0 Å². The molecule has 1 saturated heterocycles. The molecule has 2 N–H and O–H groups in total. The zero-order chi connectivity index (χ0) is 14.7. The Morgan fingerprint density at radius 2 is 2.29 bits per heavy atom. The van der Waals surface area contributed by atoms with Crippen LogP contribution < -0.4 is 5.32 Å². The first-order valence-electron chi connectivity index (χ1n) is 7.06. The van der Waals surface area contributed by atoms with Crippen molar-refractivity contribution in [1.29, 1.82) is 0 Å². The first kappa shape index (κ1) is 14.5. The van der Waals surface area contributed by atoms with Gasteiger partial charge in [-0.15, -0.1) is 0 Å². The largest absolute Gasteiger partial charge is 0.508 e. The lowest BCUT2D eigenvalue weighted by Crippen LogP contribution is -2.45. The van der Waals surface area contributed by atoms with Crippen LogP contribution in [0.2, 0.25) is 0 Å². The average molecular weight is 348 g/mol. The van der Waals surface area contributed by atoms with Gasteiger partial charge in [0.2, 0.25) is 0 Å². The second-order valence-corrected chi connectivity index (χ2v) is 6.11. The van der Waals surface area contributed by atoms with E-state index in [1.54, 1.807) is 12.3 Å². The summed E-state index contributed by atoms with van der Waals surface area (Å²) in [6.07, 6.45) is 3.73. The van der Waals surface area contributed by atoms with Crippen LogP contribution in [-0.4, -0.2) is 34.6 Å². The number of hydrogen-bond acceptors (Lipinski definition) is 4. The summed E-state index contributed by atoms with van der Waals surface area (Å²) in [6, 6.07) is 9.82. The van der Waals surface area contributed by atoms with Crippen LogP contribution in [0.25, 0.3) is 0 Å². The van der Waals surface area contributed by atoms with Crippen LogP contribution in [0.15, 0.2) is 47.2 Å². The number of phenols is 1. The second-order valence-electron chi connectivity index (χ2n) is 5.25. The molecule has 0 amide bonds. The quantitative estimate of drug-likeness (QED) is 0.896. The molecule has 0 spiro atoms. The molecule has 0 saturated carbocycles. The van der Waals surface area contributed by atoms with Crippen molar-refractivity contribution in [3.05, 3.63) is 58.3 Å². The van der Waals surface area contributed by atoms with E-state index in [2.05, 4.69) is 37.2 Å². The highest BCUT2D eigenvalue weighted by Gasteiger charge is 2.24. The number of aromatic nitrogens is 1. The topological polar surface area (TPSA) is 48.4 Å². The van der Waals surface area contributed by atoms with Crippen LogP contribution >= 0.6 is 15.9 Å². The van der Waals surface area contributed by atoms with Crippen LogP contribution in [0.1, 0.15) is 17.2 Å². The molecular weight excluding hydrogens is 330 g/mol. The summed E-state index contributed by atoms with van der Waals surface area (Å²) in [4.78, 5) is 6.65. The Kier molecular flexibility index (Phi) is 4.53. The first-order valence-corrected chi connectivity index (χ1v) is 7.85. The number of piperazine rings is 1. The maximum absolute atomic E-state index is 9.69. The van der Waals surface area contributed by atoms with E-state index in [4.69, 9.17) is 0 Å². The fourth-order valence-corrected chi connectivity index (χ4v) is 3.11. The van der Waals surface area contributed by atoms with Crippen molar-refractivity contribution in [2.45, 2.75) is 12.6 Å². The molecule has 4 nitrogen and oxygen atoms in total. The summed E-state index contributed by atoms with van der Waals surface area (Å²) >= 11 is 3.57. The lowest BCUT2D eigenvalue weighted by atomic mass is 10.0. The van der Waals surface area contributed by atoms with Gasteiger partial charge in [0, 0.05) is 49.1 Å². The number of nitrogens with one attached hydrogen (secondary N) is 1. The Labute approximate surface area is 132 Å². The van der Waals surface area contributed by atoms with Crippen LogP contribution in [-0.2, 0) is 6.54 Å². The highest BCUT2D eigenvalue weighted by Crippen LogP contribution is 2.28. The SMILES string of the molecule is Oc1ccc(Br)c(CN2CCNCC2c2cccnc2)c1. The van der Waals surface area contributed by atoms with Crippen LogP contribution in [0.5, 0.6) is 5.75 Å². The minimum atomic E-state index is 0.307. The third kappa shape index (κ3) is 3.43. The Morgan fingerprint density at radius 3 is 3.10 bits per heavy atom. The van der Waals surface area contributed by atoms with E-state index in [1.165, 1.54) is 5.56 Å². The number of hydrogen-bond donors (Lipinski definition) is 2. The van der Waals surface area contributed by atoms with E-state index in [0.717, 1.165) is 36.2 Å². The number of rotatable bonds is 3. The molecule has 5 heteroatoms. The van der Waals surface area contributed by atoms with Gasteiger partial charge >= 0.3 is 0 Å². The zero-order valence-electron chi connectivity index (χ0n) is 11.7. The predicted molar refractivity (Wildman–Crippen MR) is 86.1 cm³/mol. The monoisotopic (exact) mass is 347 g/mol. The molecule has 1 atom stereocenters. The summed E-state index contributed by atoms with van der Waals surface area (Å²) in [5.74, 6) is 0.307. The molecule has 0 bridgehead atoms. The lowest BCUT2D eigenvalue weighted by molar-refractivity contribution is 0.153. The fraction of sp³-hybridized carbons (Fsp3) is 0.312. The van der Waals surface area contributed by atoms with Crippen molar-refractivity contribution in [2.24, 2.45) is 0 Å². The van der Waals surface area contributed by atoms with Gasteiger partial charge in [0.15, 0.2) is 0 Å². The number of halogens is 1. The van der Waals surface area contributed by atoms with Crippen LogP contribution in [0.4, 0.5) is 0 Å². The molecule has 0 aliphatic carbocycles. The van der Waals surface area contributed by atoms with Crippen molar-refractivity contribution in [1.82, 2.24) is 15.2 Å². The Morgan fingerprint density at radius 1 is 1.38 bits per heavy atom. The fourth-order valence-electron chi connectivity index (χ4n) is 2.74. The van der Waals surface area contributed by atoms with Gasteiger partial charge in [-0.05, 0) is 35.4 Å². The van der Waals surface area contributed by atoms with E-state index >= 15 is 0 Å².